The van der Waals surface area contributed by atoms with Gasteiger partial charge in [0.15, 0.2) is 0 Å². The van der Waals surface area contributed by atoms with Crippen LogP contribution in [0.3, 0.4) is 0 Å². The fraction of sp³-hybridized carbons (Fsp3) is 0.250. The summed E-state index contributed by atoms with van der Waals surface area (Å²) in [5.74, 6) is 0.779. The molecule has 0 unspecified atom stereocenters. The number of nitrogen functional groups attached to an aromatic ring is 1. The minimum absolute atomic E-state index is 0.743. The van der Waals surface area contributed by atoms with Crippen molar-refractivity contribution in [2.45, 2.75) is 19.9 Å². The lowest BCUT2D eigenvalue weighted by Crippen LogP contribution is -2.06. The Labute approximate surface area is 89.5 Å². The molecule has 2 N–H and O–H groups in total. The maximum Gasteiger partial charge on any atom is 0.125 e. The standard InChI is InChI=1S/C12H15N3/c1-2-11-8-14-15(12(11)13)9-10-6-4-3-5-7-10/h3-8H,2,9,13H2,1H3. The van der Waals surface area contributed by atoms with Crippen LogP contribution in [0.15, 0.2) is 36.5 Å². The third-order valence-electron chi connectivity index (χ3n) is 2.52. The number of hydrogen-bond acceptors (Lipinski definition) is 2. The second-order valence-electron chi connectivity index (χ2n) is 3.55. The van der Waals surface area contributed by atoms with Gasteiger partial charge in [-0.2, -0.15) is 5.10 Å². The molecule has 2 rings (SSSR count). The third kappa shape index (κ3) is 2.01. The number of nitrogens with zero attached hydrogens (tertiary/aromatic N) is 2. The van der Waals surface area contributed by atoms with Crippen molar-refractivity contribution in [3.05, 3.63) is 47.7 Å². The van der Waals surface area contributed by atoms with Crippen molar-refractivity contribution in [1.29, 1.82) is 0 Å². The summed E-state index contributed by atoms with van der Waals surface area (Å²) in [6.45, 7) is 2.83. The summed E-state index contributed by atoms with van der Waals surface area (Å²) >= 11 is 0. The van der Waals surface area contributed by atoms with E-state index in [1.54, 1.807) is 0 Å². The summed E-state index contributed by atoms with van der Waals surface area (Å²) in [4.78, 5) is 0. The van der Waals surface area contributed by atoms with Crippen molar-refractivity contribution in [2.75, 3.05) is 5.73 Å². The second-order valence-corrected chi connectivity index (χ2v) is 3.55. The highest BCUT2D eigenvalue weighted by molar-refractivity contribution is 5.39. The van der Waals surface area contributed by atoms with Crippen molar-refractivity contribution in [1.82, 2.24) is 9.78 Å². The molecule has 1 heterocycles. The lowest BCUT2D eigenvalue weighted by atomic mass is 10.2. The Hall–Kier alpha value is -1.77. The molecule has 1 aromatic carbocycles. The molecule has 0 bridgehead atoms. The van der Waals surface area contributed by atoms with Crippen molar-refractivity contribution in [2.24, 2.45) is 0 Å². The number of benzene rings is 1. The Bertz CT molecular complexity index is 431. The van der Waals surface area contributed by atoms with E-state index in [1.165, 1.54) is 5.56 Å². The van der Waals surface area contributed by atoms with Crippen LogP contribution in [0, 0.1) is 0 Å². The van der Waals surface area contributed by atoms with Gasteiger partial charge in [-0.3, -0.25) is 0 Å². The van der Waals surface area contributed by atoms with Crippen molar-refractivity contribution in [3.63, 3.8) is 0 Å². The SMILES string of the molecule is CCc1cnn(Cc2ccccc2)c1N. The molecule has 0 spiro atoms. The smallest absolute Gasteiger partial charge is 0.125 e. The van der Waals surface area contributed by atoms with E-state index in [0.29, 0.717) is 0 Å². The molecule has 15 heavy (non-hydrogen) atoms. The highest BCUT2D eigenvalue weighted by atomic mass is 15.3. The first-order valence-electron chi connectivity index (χ1n) is 5.15. The number of anilines is 1. The molecule has 0 fully saturated rings. The molecule has 0 aliphatic carbocycles. The van der Waals surface area contributed by atoms with E-state index in [-0.39, 0.29) is 0 Å². The molecule has 3 nitrogen and oxygen atoms in total. The summed E-state index contributed by atoms with van der Waals surface area (Å²) in [6.07, 6.45) is 2.78. The first-order chi connectivity index (χ1) is 7.31. The van der Waals surface area contributed by atoms with Gasteiger partial charge in [-0.1, -0.05) is 37.3 Å². The van der Waals surface area contributed by atoms with Crippen LogP contribution < -0.4 is 5.73 Å². The quantitative estimate of drug-likeness (QED) is 0.826. The zero-order valence-corrected chi connectivity index (χ0v) is 8.85. The Kier molecular flexibility index (Phi) is 2.72. The lowest BCUT2D eigenvalue weighted by Gasteiger charge is -2.04. The van der Waals surface area contributed by atoms with Crippen molar-refractivity contribution in [3.8, 4) is 0 Å². The third-order valence-corrected chi connectivity index (χ3v) is 2.52. The van der Waals surface area contributed by atoms with Crippen LogP contribution in [0.25, 0.3) is 0 Å². The minimum Gasteiger partial charge on any atom is -0.384 e. The molecule has 0 atom stereocenters. The summed E-state index contributed by atoms with van der Waals surface area (Å²) in [5, 5.41) is 4.27. The molecule has 2 aromatic rings. The maximum atomic E-state index is 5.96. The highest BCUT2D eigenvalue weighted by Gasteiger charge is 2.05. The van der Waals surface area contributed by atoms with Gasteiger partial charge in [0.25, 0.3) is 0 Å². The van der Waals surface area contributed by atoms with E-state index in [4.69, 9.17) is 5.73 Å². The molecule has 78 valence electrons. The van der Waals surface area contributed by atoms with Crippen LogP contribution in [0.4, 0.5) is 5.82 Å². The van der Waals surface area contributed by atoms with Crippen LogP contribution in [-0.4, -0.2) is 9.78 Å². The Morgan fingerprint density at radius 1 is 1.27 bits per heavy atom. The van der Waals surface area contributed by atoms with Gasteiger partial charge < -0.3 is 5.73 Å². The van der Waals surface area contributed by atoms with Crippen LogP contribution in [0.2, 0.25) is 0 Å². The van der Waals surface area contributed by atoms with Gasteiger partial charge in [0.05, 0.1) is 12.7 Å². The second kappa shape index (κ2) is 4.17. The molecule has 0 amide bonds. The molecule has 0 radical (unpaired) electrons. The van der Waals surface area contributed by atoms with E-state index in [1.807, 2.05) is 29.1 Å². The number of hydrogen-bond donors (Lipinski definition) is 1. The van der Waals surface area contributed by atoms with Gasteiger partial charge in [-0.25, -0.2) is 4.68 Å². The van der Waals surface area contributed by atoms with Crippen LogP contribution in [0.1, 0.15) is 18.1 Å². The monoisotopic (exact) mass is 201 g/mol. The summed E-state index contributed by atoms with van der Waals surface area (Å²) in [6, 6.07) is 10.2. The number of aryl methyl sites for hydroxylation is 1. The number of aromatic nitrogens is 2. The fourth-order valence-electron chi connectivity index (χ4n) is 1.59. The predicted molar refractivity (Wildman–Crippen MR) is 61.6 cm³/mol. The van der Waals surface area contributed by atoms with Gasteiger partial charge in [-0.05, 0) is 12.0 Å². The largest absolute Gasteiger partial charge is 0.384 e. The van der Waals surface area contributed by atoms with Crippen molar-refractivity contribution < 1.29 is 0 Å². The molecular formula is C12H15N3. The van der Waals surface area contributed by atoms with Gasteiger partial charge in [0.1, 0.15) is 5.82 Å². The van der Waals surface area contributed by atoms with Crippen molar-refractivity contribution >= 4 is 5.82 Å². The average molecular weight is 201 g/mol. The number of rotatable bonds is 3. The Morgan fingerprint density at radius 2 is 2.00 bits per heavy atom. The van der Waals surface area contributed by atoms with E-state index < -0.39 is 0 Å². The molecule has 0 aliphatic rings. The molecule has 1 aromatic heterocycles. The minimum atomic E-state index is 0.743. The van der Waals surface area contributed by atoms with Crippen LogP contribution in [0.5, 0.6) is 0 Å². The van der Waals surface area contributed by atoms with Crippen LogP contribution in [-0.2, 0) is 13.0 Å². The molecule has 3 heteroatoms. The molecular weight excluding hydrogens is 186 g/mol. The zero-order valence-electron chi connectivity index (χ0n) is 8.85. The lowest BCUT2D eigenvalue weighted by molar-refractivity contribution is 0.697. The average Bonchev–Trinajstić information content (AvgIpc) is 2.62. The molecule has 0 saturated heterocycles. The van der Waals surface area contributed by atoms with Gasteiger partial charge in [0.2, 0.25) is 0 Å². The Balaban J connectivity index is 2.21. The van der Waals surface area contributed by atoms with E-state index in [2.05, 4.69) is 24.2 Å². The fourth-order valence-corrected chi connectivity index (χ4v) is 1.59. The van der Waals surface area contributed by atoms with Gasteiger partial charge in [-0.15, -0.1) is 0 Å². The first kappa shape index (κ1) is 9.77. The summed E-state index contributed by atoms with van der Waals surface area (Å²) in [7, 11) is 0. The summed E-state index contributed by atoms with van der Waals surface area (Å²) in [5.41, 5.74) is 8.30. The first-order valence-corrected chi connectivity index (χ1v) is 5.15. The van der Waals surface area contributed by atoms with Gasteiger partial charge in [0, 0.05) is 5.56 Å². The zero-order chi connectivity index (χ0) is 10.7. The highest BCUT2D eigenvalue weighted by Crippen LogP contribution is 2.13. The predicted octanol–water partition coefficient (Wildman–Crippen LogP) is 2.08. The molecule has 0 saturated carbocycles. The Morgan fingerprint density at radius 3 is 2.60 bits per heavy atom. The van der Waals surface area contributed by atoms with E-state index in [9.17, 15) is 0 Å². The van der Waals surface area contributed by atoms with Gasteiger partial charge >= 0.3 is 0 Å². The maximum absolute atomic E-state index is 5.96. The van der Waals surface area contributed by atoms with E-state index in [0.717, 1.165) is 24.3 Å². The molecule has 0 aliphatic heterocycles. The topological polar surface area (TPSA) is 43.8 Å². The van der Waals surface area contributed by atoms with E-state index >= 15 is 0 Å². The summed E-state index contributed by atoms with van der Waals surface area (Å²) < 4.78 is 1.84. The normalized spacial score (nSPS) is 10.5. The van der Waals surface area contributed by atoms with Crippen LogP contribution >= 0.6 is 0 Å². The number of nitrogens with two attached hydrogens (primary N) is 1.